The third-order valence-corrected chi connectivity index (χ3v) is 4.22. The van der Waals surface area contributed by atoms with Crippen molar-refractivity contribution in [1.29, 1.82) is 5.26 Å². The lowest BCUT2D eigenvalue weighted by Gasteiger charge is -2.35. The molecule has 24 heavy (non-hydrogen) atoms. The molecule has 1 aliphatic heterocycles. The number of piperidine rings is 1. The fourth-order valence-electron chi connectivity index (χ4n) is 3.04. The highest BCUT2D eigenvalue weighted by Gasteiger charge is 2.24. The summed E-state index contributed by atoms with van der Waals surface area (Å²) in [4.78, 5) is 6.44. The Kier molecular flexibility index (Phi) is 4.85. The first-order valence-electron chi connectivity index (χ1n) is 8.12. The molecule has 1 aromatic heterocycles. The summed E-state index contributed by atoms with van der Waals surface area (Å²) < 4.78 is 11.5. The molecule has 2 heterocycles. The van der Waals surface area contributed by atoms with Crippen molar-refractivity contribution in [3.05, 3.63) is 47.8 Å². The summed E-state index contributed by atoms with van der Waals surface area (Å²) in [7, 11) is 1.65. The molecule has 5 nitrogen and oxygen atoms in total. The van der Waals surface area contributed by atoms with Gasteiger partial charge in [-0.15, -0.1) is 0 Å². The van der Waals surface area contributed by atoms with Crippen molar-refractivity contribution in [2.24, 2.45) is 0 Å². The Bertz CT molecular complexity index is 755. The number of ether oxygens (including phenoxy) is 2. The first kappa shape index (κ1) is 16.1. The molecule has 0 amide bonds. The third kappa shape index (κ3) is 3.43. The second-order valence-electron chi connectivity index (χ2n) is 5.93. The Morgan fingerprint density at radius 3 is 2.83 bits per heavy atom. The number of nitrogens with zero attached hydrogens (tertiary/aromatic N) is 3. The maximum absolute atomic E-state index is 9.34. The second-order valence-corrected chi connectivity index (χ2v) is 5.93. The van der Waals surface area contributed by atoms with Crippen LogP contribution >= 0.6 is 0 Å². The summed E-state index contributed by atoms with van der Waals surface area (Å²) in [6, 6.07) is 11.9. The molecule has 5 heteroatoms. The van der Waals surface area contributed by atoms with Crippen LogP contribution in [0.4, 0.5) is 5.69 Å². The van der Waals surface area contributed by atoms with E-state index < -0.39 is 0 Å². The van der Waals surface area contributed by atoms with Crippen molar-refractivity contribution >= 4 is 5.69 Å². The fraction of sp³-hybridized carbons (Fsp3) is 0.368. The minimum Gasteiger partial charge on any atom is -0.493 e. The van der Waals surface area contributed by atoms with E-state index in [1.165, 1.54) is 0 Å². The van der Waals surface area contributed by atoms with Gasteiger partial charge >= 0.3 is 0 Å². The first-order valence-corrected chi connectivity index (χ1v) is 8.12. The van der Waals surface area contributed by atoms with E-state index in [0.717, 1.165) is 48.8 Å². The van der Waals surface area contributed by atoms with E-state index in [1.807, 2.05) is 37.3 Å². The molecule has 1 aliphatic rings. The van der Waals surface area contributed by atoms with Gasteiger partial charge in [0.15, 0.2) is 11.5 Å². The Balaban J connectivity index is 1.78. The van der Waals surface area contributed by atoms with Crippen LogP contribution in [0, 0.1) is 18.3 Å². The lowest BCUT2D eigenvalue weighted by Crippen LogP contribution is -2.41. The zero-order chi connectivity index (χ0) is 16.9. The quantitative estimate of drug-likeness (QED) is 0.864. The summed E-state index contributed by atoms with van der Waals surface area (Å²) in [5.74, 6) is 1.50. The molecule has 124 valence electrons. The number of para-hydroxylation sites is 2. The van der Waals surface area contributed by atoms with E-state index in [9.17, 15) is 5.26 Å². The molecule has 0 N–H and O–H groups in total. The first-order chi connectivity index (χ1) is 11.7. The molecule has 0 bridgehead atoms. The molecule has 0 saturated carbocycles. The second kappa shape index (κ2) is 7.22. The van der Waals surface area contributed by atoms with Gasteiger partial charge in [-0.1, -0.05) is 12.1 Å². The molecule has 0 unspecified atom stereocenters. The lowest BCUT2D eigenvalue weighted by atomic mass is 10.1. The maximum Gasteiger partial charge on any atom is 0.161 e. The van der Waals surface area contributed by atoms with Gasteiger partial charge in [-0.25, -0.2) is 0 Å². The van der Waals surface area contributed by atoms with Gasteiger partial charge in [-0.3, -0.25) is 4.98 Å². The molecule has 1 fully saturated rings. The summed E-state index contributed by atoms with van der Waals surface area (Å²) in [6.07, 6.45) is 3.72. The van der Waals surface area contributed by atoms with Crippen LogP contribution in [0.1, 0.15) is 24.1 Å². The van der Waals surface area contributed by atoms with Crippen LogP contribution in [0.5, 0.6) is 11.5 Å². The van der Waals surface area contributed by atoms with E-state index in [-0.39, 0.29) is 6.10 Å². The van der Waals surface area contributed by atoms with E-state index >= 15 is 0 Å². The van der Waals surface area contributed by atoms with E-state index in [4.69, 9.17) is 9.47 Å². The highest BCUT2D eigenvalue weighted by molar-refractivity contribution is 5.59. The van der Waals surface area contributed by atoms with Gasteiger partial charge < -0.3 is 14.4 Å². The summed E-state index contributed by atoms with van der Waals surface area (Å²) >= 11 is 0. The van der Waals surface area contributed by atoms with Gasteiger partial charge in [-0.2, -0.15) is 5.26 Å². The number of benzene rings is 1. The Morgan fingerprint density at radius 1 is 1.29 bits per heavy atom. The molecule has 0 spiro atoms. The van der Waals surface area contributed by atoms with E-state index in [1.54, 1.807) is 13.3 Å². The molecule has 0 aliphatic carbocycles. The highest BCUT2D eigenvalue weighted by atomic mass is 16.5. The van der Waals surface area contributed by atoms with E-state index in [0.29, 0.717) is 5.56 Å². The highest BCUT2D eigenvalue weighted by Crippen LogP contribution is 2.30. The summed E-state index contributed by atoms with van der Waals surface area (Å²) in [6.45, 7) is 3.61. The minimum atomic E-state index is 0.0649. The zero-order valence-corrected chi connectivity index (χ0v) is 14.0. The molecular formula is C19H21N3O2. The topological polar surface area (TPSA) is 58.4 Å². The standard InChI is InChI=1S/C19H21N3O2/c1-14-10-17(15(11-20)12-21-14)22-9-5-6-16(13-22)24-19-8-4-3-7-18(19)23-2/h3-4,7-8,10,12,16H,5-6,9,13H2,1-2H3/t16-/m1/s1. The third-order valence-electron chi connectivity index (χ3n) is 4.22. The van der Waals surface area contributed by atoms with Crippen molar-refractivity contribution in [2.75, 3.05) is 25.1 Å². The molecule has 0 radical (unpaired) electrons. The van der Waals surface area contributed by atoms with Crippen LogP contribution in [-0.4, -0.2) is 31.3 Å². The minimum absolute atomic E-state index is 0.0649. The van der Waals surface area contributed by atoms with Crippen molar-refractivity contribution in [3.8, 4) is 17.6 Å². The number of pyridine rings is 1. The summed E-state index contributed by atoms with van der Waals surface area (Å²) in [5, 5.41) is 9.34. The predicted molar refractivity (Wildman–Crippen MR) is 92.5 cm³/mol. The smallest absolute Gasteiger partial charge is 0.161 e. The normalized spacial score (nSPS) is 17.2. The average Bonchev–Trinajstić information content (AvgIpc) is 2.62. The van der Waals surface area contributed by atoms with Crippen molar-refractivity contribution in [1.82, 2.24) is 4.98 Å². The van der Waals surface area contributed by atoms with Gasteiger partial charge in [0.1, 0.15) is 12.2 Å². The van der Waals surface area contributed by atoms with Gasteiger partial charge in [0.05, 0.1) is 24.9 Å². The fourth-order valence-corrected chi connectivity index (χ4v) is 3.04. The number of aryl methyl sites for hydroxylation is 1. The van der Waals surface area contributed by atoms with Crippen LogP contribution in [0.3, 0.4) is 0 Å². The van der Waals surface area contributed by atoms with Gasteiger partial charge in [-0.05, 0) is 38.0 Å². The van der Waals surface area contributed by atoms with Crippen LogP contribution in [0.2, 0.25) is 0 Å². The zero-order valence-electron chi connectivity index (χ0n) is 14.0. The molecule has 1 aromatic carbocycles. The van der Waals surface area contributed by atoms with Crippen LogP contribution in [0.15, 0.2) is 36.5 Å². The summed E-state index contributed by atoms with van der Waals surface area (Å²) in [5.41, 5.74) is 2.47. The molecule has 1 saturated heterocycles. The van der Waals surface area contributed by atoms with Gasteiger partial charge in [0, 0.05) is 18.4 Å². The monoisotopic (exact) mass is 323 g/mol. The number of hydrogen-bond donors (Lipinski definition) is 0. The van der Waals surface area contributed by atoms with Crippen LogP contribution < -0.4 is 14.4 Å². The SMILES string of the molecule is COc1ccccc1O[C@@H]1CCCN(c2cc(C)ncc2C#N)C1. The number of rotatable bonds is 4. The Labute approximate surface area is 142 Å². The van der Waals surface area contributed by atoms with Gasteiger partial charge in [0.2, 0.25) is 0 Å². The van der Waals surface area contributed by atoms with Crippen molar-refractivity contribution in [2.45, 2.75) is 25.9 Å². The number of methoxy groups -OCH3 is 1. The van der Waals surface area contributed by atoms with Crippen molar-refractivity contribution < 1.29 is 9.47 Å². The van der Waals surface area contributed by atoms with E-state index in [2.05, 4.69) is 16.0 Å². The van der Waals surface area contributed by atoms with Crippen molar-refractivity contribution in [3.63, 3.8) is 0 Å². The number of aromatic nitrogens is 1. The Hall–Kier alpha value is -2.74. The largest absolute Gasteiger partial charge is 0.493 e. The maximum atomic E-state index is 9.34. The molecule has 1 atom stereocenters. The Morgan fingerprint density at radius 2 is 2.08 bits per heavy atom. The average molecular weight is 323 g/mol. The van der Waals surface area contributed by atoms with Crippen LogP contribution in [0.25, 0.3) is 0 Å². The molecular weight excluding hydrogens is 302 g/mol. The lowest BCUT2D eigenvalue weighted by molar-refractivity contribution is 0.172. The van der Waals surface area contributed by atoms with Gasteiger partial charge in [0.25, 0.3) is 0 Å². The molecule has 3 rings (SSSR count). The van der Waals surface area contributed by atoms with Crippen LogP contribution in [-0.2, 0) is 0 Å². The number of anilines is 1. The number of hydrogen-bond acceptors (Lipinski definition) is 5. The predicted octanol–water partition coefficient (Wildman–Crippen LogP) is 3.32. The molecule has 2 aromatic rings. The number of nitriles is 1.